The van der Waals surface area contributed by atoms with E-state index in [4.69, 9.17) is 40.5 Å². The van der Waals surface area contributed by atoms with E-state index < -0.39 is 0 Å². The highest BCUT2D eigenvalue weighted by atomic mass is 35.5. The van der Waals surface area contributed by atoms with Gasteiger partial charge in [-0.2, -0.15) is 4.98 Å². The van der Waals surface area contributed by atoms with Crippen LogP contribution < -0.4 is 11.3 Å². The van der Waals surface area contributed by atoms with Crippen molar-refractivity contribution in [2.24, 2.45) is 0 Å². The summed E-state index contributed by atoms with van der Waals surface area (Å²) < 4.78 is 1.62. The zero-order chi connectivity index (χ0) is 21.6. The molecule has 2 aliphatic heterocycles. The molecule has 0 aliphatic carbocycles. The molecule has 2 aromatic carbocycles. The molecule has 0 bridgehead atoms. The van der Waals surface area contributed by atoms with Gasteiger partial charge in [0.2, 0.25) is 0 Å². The molecule has 2 aliphatic rings. The van der Waals surface area contributed by atoms with Gasteiger partial charge in [-0.3, -0.25) is 9.89 Å². The molecule has 2 aromatic rings. The summed E-state index contributed by atoms with van der Waals surface area (Å²) in [5.41, 5.74) is 8.61. The largest absolute Gasteiger partial charge is 0.399 e. The van der Waals surface area contributed by atoms with Crippen LogP contribution in [0.4, 0.5) is 5.69 Å². The number of fused-ring (bicyclic) bond motifs is 1. The van der Waals surface area contributed by atoms with Gasteiger partial charge in [-0.25, -0.2) is 9.67 Å². The summed E-state index contributed by atoms with van der Waals surface area (Å²) >= 11 is 18.9. The van der Waals surface area contributed by atoms with Crippen LogP contribution in [0.5, 0.6) is 0 Å². The average molecular weight is 463 g/mol. The van der Waals surface area contributed by atoms with E-state index in [1.165, 1.54) is 0 Å². The number of hydrogen-bond donors (Lipinski definition) is 2. The quantitative estimate of drug-likeness (QED) is 0.402. The van der Waals surface area contributed by atoms with Crippen molar-refractivity contribution in [1.82, 2.24) is 19.7 Å². The van der Waals surface area contributed by atoms with Crippen molar-refractivity contribution in [2.45, 2.75) is 26.2 Å². The second kappa shape index (κ2) is 7.95. The van der Waals surface area contributed by atoms with E-state index in [9.17, 15) is 4.79 Å². The first kappa shape index (κ1) is 20.7. The van der Waals surface area contributed by atoms with Crippen LogP contribution in [0, 0.1) is 0 Å². The summed E-state index contributed by atoms with van der Waals surface area (Å²) in [5, 5.41) is 4.31. The number of hydrogen-bond acceptors (Lipinski definition) is 4. The van der Waals surface area contributed by atoms with E-state index in [-0.39, 0.29) is 11.5 Å². The van der Waals surface area contributed by atoms with Gasteiger partial charge >= 0.3 is 0 Å². The minimum absolute atomic E-state index is 0.0228. The van der Waals surface area contributed by atoms with Crippen LogP contribution in [0.1, 0.15) is 36.8 Å². The Labute approximate surface area is 187 Å². The van der Waals surface area contributed by atoms with Gasteiger partial charge in [-0.05, 0) is 35.7 Å². The molecule has 0 saturated carbocycles. The van der Waals surface area contributed by atoms with E-state index >= 15 is 0 Å². The number of aromatic nitrogens is 4. The smallest absolute Gasteiger partial charge is 0.284 e. The molecule has 0 saturated heterocycles. The molecule has 0 unspecified atom stereocenters. The molecule has 0 amide bonds. The molecular weight excluding hydrogens is 445 g/mol. The van der Waals surface area contributed by atoms with Crippen molar-refractivity contribution in [2.75, 3.05) is 5.73 Å². The lowest BCUT2D eigenvalue weighted by Crippen LogP contribution is -2.18. The highest BCUT2D eigenvalue weighted by Crippen LogP contribution is 2.36. The molecule has 4 rings (SSSR count). The van der Waals surface area contributed by atoms with Crippen LogP contribution >= 0.6 is 34.8 Å². The van der Waals surface area contributed by atoms with Crippen LogP contribution in [-0.2, 0) is 6.42 Å². The third-order valence-electron chi connectivity index (χ3n) is 4.71. The standard InChI is InChI=1S/C21H18Cl3N5O/c1-10(2)18-17-20(29(28-18)19-14(23)8-12(22)9-15(19)24)26-16(27-21(17)30)7-11-4-3-5-13(25)6-11/h3-6,8-10,28H,7,25H2,1-2H3. The van der Waals surface area contributed by atoms with Crippen LogP contribution in [-0.4, -0.2) is 19.7 Å². The van der Waals surface area contributed by atoms with Crippen LogP contribution in [0.2, 0.25) is 15.1 Å². The molecule has 2 heterocycles. The fourth-order valence-electron chi connectivity index (χ4n) is 3.39. The van der Waals surface area contributed by atoms with Crippen LogP contribution in [0.25, 0.3) is 17.1 Å². The Balaban J connectivity index is 1.95. The Morgan fingerprint density at radius 1 is 1.10 bits per heavy atom. The molecule has 6 nitrogen and oxygen atoms in total. The number of benzene rings is 2. The Morgan fingerprint density at radius 3 is 2.43 bits per heavy atom. The maximum atomic E-state index is 13.0. The van der Waals surface area contributed by atoms with Crippen molar-refractivity contribution in [3.8, 4) is 17.1 Å². The highest BCUT2D eigenvalue weighted by molar-refractivity contribution is 6.40. The van der Waals surface area contributed by atoms with Crippen molar-refractivity contribution < 1.29 is 0 Å². The number of H-pyrrole nitrogens is 1. The number of rotatable bonds is 4. The van der Waals surface area contributed by atoms with Gasteiger partial charge in [0.25, 0.3) is 5.56 Å². The summed E-state index contributed by atoms with van der Waals surface area (Å²) in [6, 6.07) is 10.6. The van der Waals surface area contributed by atoms with Crippen molar-refractivity contribution in [3.05, 3.63) is 78.9 Å². The minimum atomic E-state index is -0.362. The normalized spacial score (nSPS) is 11.5. The lowest BCUT2D eigenvalue weighted by molar-refractivity contribution is 0.771. The second-order valence-electron chi connectivity index (χ2n) is 7.30. The predicted molar refractivity (Wildman–Crippen MR) is 121 cm³/mol. The van der Waals surface area contributed by atoms with Crippen molar-refractivity contribution >= 4 is 40.5 Å². The fraction of sp³-hybridized carbons (Fsp3) is 0.190. The summed E-state index contributed by atoms with van der Waals surface area (Å²) in [4.78, 5) is 21.8. The van der Waals surface area contributed by atoms with E-state index in [1.54, 1.807) is 22.9 Å². The van der Waals surface area contributed by atoms with E-state index in [1.807, 2.05) is 32.0 Å². The molecule has 3 N–H and O–H groups in total. The third-order valence-corrected chi connectivity index (χ3v) is 5.51. The average Bonchev–Trinajstić information content (AvgIpc) is 3.01. The Morgan fingerprint density at radius 2 is 1.80 bits per heavy atom. The van der Waals surface area contributed by atoms with Gasteiger partial charge < -0.3 is 5.73 Å². The maximum absolute atomic E-state index is 13.0. The summed E-state index contributed by atoms with van der Waals surface area (Å²) in [7, 11) is 0. The van der Waals surface area contributed by atoms with Crippen molar-refractivity contribution in [1.29, 1.82) is 0 Å². The van der Waals surface area contributed by atoms with Gasteiger partial charge in [-0.1, -0.05) is 60.8 Å². The van der Waals surface area contributed by atoms with Crippen LogP contribution in [0.15, 0.2) is 41.2 Å². The highest BCUT2D eigenvalue weighted by Gasteiger charge is 2.27. The van der Waals surface area contributed by atoms with Gasteiger partial charge in [0.15, 0.2) is 5.82 Å². The molecule has 0 fully saturated rings. The number of nitrogens with one attached hydrogen (secondary N) is 1. The van der Waals surface area contributed by atoms with E-state index in [0.29, 0.717) is 55.8 Å². The Bertz CT molecular complexity index is 1260. The lowest BCUT2D eigenvalue weighted by atomic mass is 10.1. The second-order valence-corrected chi connectivity index (χ2v) is 8.55. The fourth-order valence-corrected chi connectivity index (χ4v) is 4.38. The van der Waals surface area contributed by atoms with Crippen LogP contribution in [0.3, 0.4) is 0 Å². The summed E-state index contributed by atoms with van der Waals surface area (Å²) in [6.07, 6.45) is 0.362. The molecule has 154 valence electrons. The number of nitrogens with two attached hydrogens (primary N) is 1. The number of nitrogens with zero attached hydrogens (tertiary/aromatic N) is 3. The predicted octanol–water partition coefficient (Wildman–Crippen LogP) is 5.32. The molecule has 9 heteroatoms. The number of nitrogen functional groups attached to an aromatic ring is 1. The molecule has 30 heavy (non-hydrogen) atoms. The first-order valence-corrected chi connectivity index (χ1v) is 10.4. The first-order valence-electron chi connectivity index (χ1n) is 9.25. The van der Waals surface area contributed by atoms with Crippen molar-refractivity contribution in [3.63, 3.8) is 0 Å². The summed E-state index contributed by atoms with van der Waals surface area (Å²) in [5.74, 6) is 0.806. The Hall–Kier alpha value is -2.54. The molecule has 0 aromatic heterocycles. The Kier molecular flexibility index (Phi) is 5.49. The zero-order valence-electron chi connectivity index (χ0n) is 16.2. The number of halogens is 3. The van der Waals surface area contributed by atoms with Gasteiger partial charge in [0, 0.05) is 17.1 Å². The topological polar surface area (TPSA) is 89.6 Å². The summed E-state index contributed by atoms with van der Waals surface area (Å²) in [6.45, 7) is 3.95. The zero-order valence-corrected chi connectivity index (χ0v) is 18.5. The molecule has 0 radical (unpaired) electrons. The maximum Gasteiger partial charge on any atom is 0.284 e. The monoisotopic (exact) mass is 461 g/mol. The molecule has 0 atom stereocenters. The first-order chi connectivity index (χ1) is 14.2. The number of anilines is 1. The van der Waals surface area contributed by atoms with Gasteiger partial charge in [0.05, 0.1) is 15.7 Å². The molecule has 0 spiro atoms. The third kappa shape index (κ3) is 3.78. The van der Waals surface area contributed by atoms with E-state index in [2.05, 4.69) is 15.1 Å². The number of aromatic amines is 1. The van der Waals surface area contributed by atoms with Gasteiger partial charge in [-0.15, -0.1) is 0 Å². The molecular formula is C21H18Cl3N5O. The SMILES string of the molecule is CC(C)c1[nH]n(-c2c(Cl)cc(Cl)cc2Cl)c2nc(Cc3cccc(N)c3)nc(=O)c1-2. The van der Waals surface area contributed by atoms with Gasteiger partial charge in [0.1, 0.15) is 17.1 Å². The minimum Gasteiger partial charge on any atom is -0.399 e. The lowest BCUT2D eigenvalue weighted by Gasteiger charge is -2.11. The van der Waals surface area contributed by atoms with E-state index in [0.717, 1.165) is 5.56 Å².